The van der Waals surface area contributed by atoms with Crippen molar-refractivity contribution in [2.24, 2.45) is 5.14 Å². The number of aryl methyl sites for hydroxylation is 2. The lowest BCUT2D eigenvalue weighted by Crippen LogP contribution is -2.21. The summed E-state index contributed by atoms with van der Waals surface area (Å²) in [5, 5.41) is 14.9. The van der Waals surface area contributed by atoms with Crippen molar-refractivity contribution in [2.75, 3.05) is 5.32 Å². The van der Waals surface area contributed by atoms with E-state index < -0.39 is 10.0 Å². The summed E-state index contributed by atoms with van der Waals surface area (Å²) in [6, 6.07) is 10.5. The van der Waals surface area contributed by atoms with Crippen LogP contribution in [0.2, 0.25) is 0 Å². The number of benzene rings is 2. The number of primary sulfonamides is 1. The van der Waals surface area contributed by atoms with Crippen LogP contribution in [0.3, 0.4) is 0 Å². The zero-order valence-electron chi connectivity index (χ0n) is 16.2. The first kappa shape index (κ1) is 20.9. The Morgan fingerprint density at radius 3 is 2.48 bits per heavy atom. The number of nitrogens with one attached hydrogen (secondary N) is 2. The fourth-order valence-corrected chi connectivity index (χ4v) is 3.66. The molecule has 0 fully saturated rings. The van der Waals surface area contributed by atoms with Crippen LogP contribution >= 0.6 is 12.2 Å². The third-order valence-electron chi connectivity index (χ3n) is 4.61. The second-order valence-corrected chi connectivity index (χ2v) is 8.76. The van der Waals surface area contributed by atoms with Crippen molar-refractivity contribution >= 4 is 33.8 Å². The quantitative estimate of drug-likeness (QED) is 0.536. The molecule has 0 spiro atoms. The van der Waals surface area contributed by atoms with Gasteiger partial charge >= 0.3 is 0 Å². The highest BCUT2D eigenvalue weighted by molar-refractivity contribution is 7.89. The van der Waals surface area contributed by atoms with E-state index >= 15 is 0 Å². The summed E-state index contributed by atoms with van der Waals surface area (Å²) in [6.45, 7) is 5.44. The first-order chi connectivity index (χ1) is 13.6. The monoisotopic (exact) mass is 431 g/mol. The molecular formula is C19H21N5O3S2. The van der Waals surface area contributed by atoms with Crippen LogP contribution in [0, 0.1) is 25.5 Å². The Labute approximate surface area is 173 Å². The van der Waals surface area contributed by atoms with Gasteiger partial charge in [0.2, 0.25) is 15.9 Å². The molecule has 0 atom stereocenters. The van der Waals surface area contributed by atoms with Gasteiger partial charge in [-0.2, -0.15) is 5.10 Å². The maximum Gasteiger partial charge on any atom is 0.244 e. The molecule has 1 aromatic heterocycles. The summed E-state index contributed by atoms with van der Waals surface area (Å²) in [5.41, 5.74) is 3.75. The lowest BCUT2D eigenvalue weighted by Gasteiger charge is -2.13. The molecule has 8 nitrogen and oxygen atoms in total. The number of nitrogens with zero attached hydrogens (tertiary/aromatic N) is 2. The first-order valence-electron chi connectivity index (χ1n) is 8.72. The lowest BCUT2D eigenvalue weighted by atomic mass is 10.1. The molecule has 1 heterocycles. The molecule has 0 aliphatic heterocycles. The second kappa shape index (κ2) is 7.90. The maximum atomic E-state index is 12.7. The summed E-state index contributed by atoms with van der Waals surface area (Å²) in [6.07, 6.45) is 0. The van der Waals surface area contributed by atoms with Crippen molar-refractivity contribution in [3.05, 3.63) is 57.9 Å². The summed E-state index contributed by atoms with van der Waals surface area (Å²) in [7, 11) is -3.89. The van der Waals surface area contributed by atoms with Gasteiger partial charge in [0, 0.05) is 11.3 Å². The molecule has 0 aliphatic carbocycles. The number of sulfonamides is 1. The van der Waals surface area contributed by atoms with Gasteiger partial charge in [-0.15, -0.1) is 0 Å². The molecule has 0 bridgehead atoms. The van der Waals surface area contributed by atoms with E-state index in [1.165, 1.54) is 12.1 Å². The number of hydrogen-bond donors (Lipinski definition) is 3. The molecule has 0 unspecified atom stereocenters. The number of amides is 1. The van der Waals surface area contributed by atoms with Crippen LogP contribution in [-0.2, 0) is 21.4 Å². The average molecular weight is 432 g/mol. The van der Waals surface area contributed by atoms with Crippen molar-refractivity contribution < 1.29 is 13.2 Å². The number of hydrogen-bond acceptors (Lipinski definition) is 5. The van der Waals surface area contributed by atoms with Gasteiger partial charge < -0.3 is 5.32 Å². The lowest BCUT2D eigenvalue weighted by molar-refractivity contribution is -0.116. The zero-order valence-corrected chi connectivity index (χ0v) is 17.8. The predicted octanol–water partition coefficient (Wildman–Crippen LogP) is 2.82. The van der Waals surface area contributed by atoms with Gasteiger partial charge in [-0.1, -0.05) is 29.8 Å². The van der Waals surface area contributed by atoms with E-state index in [4.69, 9.17) is 17.4 Å². The number of rotatable bonds is 5. The minimum Gasteiger partial charge on any atom is -0.324 e. The van der Waals surface area contributed by atoms with Crippen LogP contribution in [0.1, 0.15) is 16.7 Å². The van der Waals surface area contributed by atoms with E-state index in [-0.39, 0.29) is 17.3 Å². The third kappa shape index (κ3) is 4.61. The van der Waals surface area contributed by atoms with E-state index in [1.54, 1.807) is 18.4 Å². The Kier molecular flexibility index (Phi) is 5.69. The molecule has 0 radical (unpaired) electrons. The SMILES string of the molecule is Cc1ccc(-c2n[nH]c(=S)n2CC(=O)Nc2cc(S(N)(=O)=O)cc(C)c2C)cc1. The number of aromatic nitrogens is 3. The Morgan fingerprint density at radius 2 is 1.86 bits per heavy atom. The number of nitrogens with two attached hydrogens (primary N) is 1. The standard InChI is InChI=1S/C19H21N5O3S2/c1-11-4-6-14(7-5-11)18-22-23-19(28)24(18)10-17(25)21-16-9-15(29(20,26)27)8-12(2)13(16)3/h4-9H,10H2,1-3H3,(H,21,25)(H,23,28)(H2,20,26,27). The minimum absolute atomic E-state index is 0.0591. The summed E-state index contributed by atoms with van der Waals surface area (Å²) in [5.74, 6) is 0.168. The van der Waals surface area contributed by atoms with Gasteiger partial charge in [0.25, 0.3) is 0 Å². The topological polar surface area (TPSA) is 123 Å². The van der Waals surface area contributed by atoms with Crippen LogP contribution in [0.4, 0.5) is 5.69 Å². The van der Waals surface area contributed by atoms with Crippen LogP contribution in [0.15, 0.2) is 41.3 Å². The maximum absolute atomic E-state index is 12.7. The molecule has 29 heavy (non-hydrogen) atoms. The molecule has 4 N–H and O–H groups in total. The van der Waals surface area contributed by atoms with Gasteiger partial charge in [0.1, 0.15) is 6.54 Å². The summed E-state index contributed by atoms with van der Waals surface area (Å²) >= 11 is 5.27. The molecule has 2 aromatic carbocycles. The highest BCUT2D eigenvalue weighted by Gasteiger charge is 2.16. The van der Waals surface area contributed by atoms with E-state index in [2.05, 4.69) is 15.5 Å². The van der Waals surface area contributed by atoms with Gasteiger partial charge in [0.05, 0.1) is 4.90 Å². The first-order valence-corrected chi connectivity index (χ1v) is 10.7. The van der Waals surface area contributed by atoms with Crippen molar-refractivity contribution in [1.82, 2.24) is 14.8 Å². The molecule has 10 heteroatoms. The zero-order chi connectivity index (χ0) is 21.3. The molecule has 0 saturated carbocycles. The Bertz CT molecular complexity index is 1240. The average Bonchev–Trinajstić information content (AvgIpc) is 2.99. The van der Waals surface area contributed by atoms with Crippen LogP contribution in [0.5, 0.6) is 0 Å². The summed E-state index contributed by atoms with van der Waals surface area (Å²) < 4.78 is 25.3. The number of H-pyrrole nitrogens is 1. The highest BCUT2D eigenvalue weighted by Crippen LogP contribution is 2.24. The summed E-state index contributed by atoms with van der Waals surface area (Å²) in [4.78, 5) is 12.6. The highest BCUT2D eigenvalue weighted by atomic mass is 32.2. The predicted molar refractivity (Wildman–Crippen MR) is 114 cm³/mol. The van der Waals surface area contributed by atoms with Gasteiger partial charge in [-0.05, 0) is 56.2 Å². The Morgan fingerprint density at radius 1 is 1.21 bits per heavy atom. The van der Waals surface area contributed by atoms with Crippen molar-refractivity contribution in [3.8, 4) is 11.4 Å². The number of carbonyl (C=O) groups is 1. The van der Waals surface area contributed by atoms with E-state index in [0.717, 1.165) is 16.7 Å². The number of aromatic amines is 1. The fraction of sp³-hybridized carbons (Fsp3) is 0.211. The minimum atomic E-state index is -3.89. The molecule has 1 amide bonds. The van der Waals surface area contributed by atoms with E-state index in [1.807, 2.05) is 31.2 Å². The normalized spacial score (nSPS) is 11.4. The van der Waals surface area contributed by atoms with Crippen molar-refractivity contribution in [3.63, 3.8) is 0 Å². The molecular weight excluding hydrogens is 410 g/mol. The van der Waals surface area contributed by atoms with Gasteiger partial charge in [-0.25, -0.2) is 13.6 Å². The fourth-order valence-electron chi connectivity index (χ4n) is 2.84. The number of carbonyl (C=O) groups excluding carboxylic acids is 1. The molecule has 0 aliphatic rings. The number of anilines is 1. The van der Waals surface area contributed by atoms with Gasteiger partial charge in [-0.3, -0.25) is 14.5 Å². The largest absolute Gasteiger partial charge is 0.324 e. The Hall–Kier alpha value is -2.82. The van der Waals surface area contributed by atoms with Crippen LogP contribution in [0.25, 0.3) is 11.4 Å². The third-order valence-corrected chi connectivity index (χ3v) is 5.82. The van der Waals surface area contributed by atoms with E-state index in [0.29, 0.717) is 21.8 Å². The van der Waals surface area contributed by atoms with E-state index in [9.17, 15) is 13.2 Å². The smallest absolute Gasteiger partial charge is 0.244 e. The molecule has 152 valence electrons. The van der Waals surface area contributed by atoms with Crippen molar-refractivity contribution in [1.29, 1.82) is 0 Å². The second-order valence-electron chi connectivity index (χ2n) is 6.81. The molecule has 3 rings (SSSR count). The van der Waals surface area contributed by atoms with Crippen molar-refractivity contribution in [2.45, 2.75) is 32.2 Å². The van der Waals surface area contributed by atoms with Gasteiger partial charge in [0.15, 0.2) is 10.6 Å². The molecule has 0 saturated heterocycles. The van der Waals surface area contributed by atoms with Crippen LogP contribution in [-0.4, -0.2) is 29.1 Å². The Balaban J connectivity index is 1.90. The molecule has 3 aromatic rings. The van der Waals surface area contributed by atoms with Crippen LogP contribution < -0.4 is 10.5 Å².